The zero-order valence-electron chi connectivity index (χ0n) is 10.8. The third-order valence-corrected chi connectivity index (χ3v) is 2.36. The molecule has 0 aliphatic rings. The molecule has 18 heavy (non-hydrogen) atoms. The van der Waals surface area contributed by atoms with Gasteiger partial charge in [0.2, 0.25) is 0 Å². The van der Waals surface area contributed by atoms with E-state index in [1.807, 2.05) is 20.8 Å². The second-order valence-corrected chi connectivity index (χ2v) is 4.44. The molecule has 0 amide bonds. The van der Waals surface area contributed by atoms with Gasteiger partial charge in [-0.25, -0.2) is 9.97 Å². The Bertz CT molecular complexity index is 389. The molecule has 0 spiro atoms. The van der Waals surface area contributed by atoms with Crippen molar-refractivity contribution in [3.05, 3.63) is 23.3 Å². The third kappa shape index (κ3) is 4.25. The maximum Gasteiger partial charge on any atom is 0.433 e. The summed E-state index contributed by atoms with van der Waals surface area (Å²) in [5.74, 6) is 0.248. The van der Waals surface area contributed by atoms with Gasteiger partial charge < -0.3 is 5.32 Å². The standard InChI is InChI=1S/C12H18F3N3/c1-4-5-10-17-7-9(6-16-8(2)3)11(18-10)12(13,14)15/h7-8,16H,4-6H2,1-3H3. The smallest absolute Gasteiger partial charge is 0.310 e. The van der Waals surface area contributed by atoms with Gasteiger partial charge >= 0.3 is 6.18 Å². The average molecular weight is 261 g/mol. The first kappa shape index (κ1) is 14.9. The van der Waals surface area contributed by atoms with E-state index in [4.69, 9.17) is 0 Å². The Balaban J connectivity index is 3.01. The predicted octanol–water partition coefficient (Wildman–Crippen LogP) is 2.95. The van der Waals surface area contributed by atoms with Crippen LogP contribution in [0.25, 0.3) is 0 Å². The van der Waals surface area contributed by atoms with Crippen LogP contribution in [0.2, 0.25) is 0 Å². The Morgan fingerprint density at radius 2 is 2.00 bits per heavy atom. The fraction of sp³-hybridized carbons (Fsp3) is 0.667. The summed E-state index contributed by atoms with van der Waals surface area (Å²) in [6, 6.07) is 0.112. The fourth-order valence-electron chi connectivity index (χ4n) is 1.48. The van der Waals surface area contributed by atoms with Crippen LogP contribution in [0, 0.1) is 0 Å². The molecule has 1 aromatic heterocycles. The topological polar surface area (TPSA) is 37.8 Å². The van der Waals surface area contributed by atoms with Crippen molar-refractivity contribution in [1.29, 1.82) is 0 Å². The predicted molar refractivity (Wildman–Crippen MR) is 63.0 cm³/mol. The number of nitrogens with one attached hydrogen (secondary N) is 1. The first-order valence-corrected chi connectivity index (χ1v) is 6.00. The summed E-state index contributed by atoms with van der Waals surface area (Å²) in [7, 11) is 0. The SMILES string of the molecule is CCCc1ncc(CNC(C)C)c(C(F)(F)F)n1. The molecule has 0 saturated heterocycles. The molecule has 0 aliphatic carbocycles. The molecule has 6 heteroatoms. The molecule has 3 nitrogen and oxygen atoms in total. The highest BCUT2D eigenvalue weighted by Crippen LogP contribution is 2.30. The highest BCUT2D eigenvalue weighted by Gasteiger charge is 2.35. The summed E-state index contributed by atoms with van der Waals surface area (Å²) in [6.45, 7) is 5.75. The van der Waals surface area contributed by atoms with Crippen LogP contribution in [-0.2, 0) is 19.1 Å². The zero-order valence-corrected chi connectivity index (χ0v) is 10.8. The van der Waals surface area contributed by atoms with Crippen molar-refractivity contribution >= 4 is 0 Å². The van der Waals surface area contributed by atoms with Crippen LogP contribution >= 0.6 is 0 Å². The normalized spacial score (nSPS) is 12.2. The molecule has 1 heterocycles. The van der Waals surface area contributed by atoms with Crippen molar-refractivity contribution in [2.75, 3.05) is 0 Å². The Hall–Kier alpha value is -1.17. The average Bonchev–Trinajstić information content (AvgIpc) is 2.26. The van der Waals surface area contributed by atoms with E-state index in [2.05, 4.69) is 15.3 Å². The van der Waals surface area contributed by atoms with Gasteiger partial charge in [0.05, 0.1) is 0 Å². The first-order chi connectivity index (χ1) is 8.34. The molecule has 0 aliphatic heterocycles. The van der Waals surface area contributed by atoms with Crippen LogP contribution in [0.4, 0.5) is 13.2 Å². The molecule has 0 bridgehead atoms. The molecule has 0 atom stereocenters. The van der Waals surface area contributed by atoms with Crippen LogP contribution in [0.3, 0.4) is 0 Å². The number of rotatable bonds is 5. The van der Waals surface area contributed by atoms with Crippen LogP contribution in [-0.4, -0.2) is 16.0 Å². The highest BCUT2D eigenvalue weighted by atomic mass is 19.4. The van der Waals surface area contributed by atoms with Crippen LogP contribution in [0.1, 0.15) is 44.3 Å². The summed E-state index contributed by atoms with van der Waals surface area (Å²) in [5.41, 5.74) is -0.731. The molecular formula is C12H18F3N3. The lowest BCUT2D eigenvalue weighted by Crippen LogP contribution is -2.25. The summed E-state index contributed by atoms with van der Waals surface area (Å²) in [6.07, 6.45) is -1.97. The molecule has 1 N–H and O–H groups in total. The number of halogens is 3. The number of hydrogen-bond acceptors (Lipinski definition) is 3. The van der Waals surface area contributed by atoms with Gasteiger partial charge in [0.15, 0.2) is 5.69 Å². The van der Waals surface area contributed by atoms with Crippen molar-refractivity contribution in [2.45, 2.75) is 52.4 Å². The van der Waals surface area contributed by atoms with Gasteiger partial charge in [-0.05, 0) is 6.42 Å². The van der Waals surface area contributed by atoms with Crippen molar-refractivity contribution in [1.82, 2.24) is 15.3 Å². The fourth-order valence-corrected chi connectivity index (χ4v) is 1.48. The van der Waals surface area contributed by atoms with Crippen LogP contribution in [0.5, 0.6) is 0 Å². The largest absolute Gasteiger partial charge is 0.433 e. The minimum atomic E-state index is -4.43. The lowest BCUT2D eigenvalue weighted by molar-refractivity contribution is -0.142. The minimum absolute atomic E-state index is 0.0936. The van der Waals surface area contributed by atoms with Crippen LogP contribution < -0.4 is 5.32 Å². The molecule has 1 aromatic rings. The van der Waals surface area contributed by atoms with E-state index in [0.29, 0.717) is 6.42 Å². The van der Waals surface area contributed by atoms with Crippen LogP contribution in [0.15, 0.2) is 6.20 Å². The lowest BCUT2D eigenvalue weighted by atomic mass is 10.2. The van der Waals surface area contributed by atoms with Gasteiger partial charge in [-0.3, -0.25) is 0 Å². The monoisotopic (exact) mass is 261 g/mol. The van der Waals surface area contributed by atoms with Crippen molar-refractivity contribution in [3.8, 4) is 0 Å². The third-order valence-electron chi connectivity index (χ3n) is 2.36. The first-order valence-electron chi connectivity index (χ1n) is 6.00. The van der Waals surface area contributed by atoms with Gasteiger partial charge in [-0.2, -0.15) is 13.2 Å². The quantitative estimate of drug-likeness (QED) is 0.885. The number of hydrogen-bond donors (Lipinski definition) is 1. The molecule has 102 valence electrons. The second-order valence-electron chi connectivity index (χ2n) is 4.44. The number of aryl methyl sites for hydroxylation is 1. The van der Waals surface area contributed by atoms with Gasteiger partial charge in [0, 0.05) is 30.8 Å². The molecular weight excluding hydrogens is 243 g/mol. The summed E-state index contributed by atoms with van der Waals surface area (Å²) >= 11 is 0. The van der Waals surface area contributed by atoms with E-state index in [-0.39, 0.29) is 24.0 Å². The van der Waals surface area contributed by atoms with Crippen molar-refractivity contribution in [3.63, 3.8) is 0 Å². The molecule has 0 radical (unpaired) electrons. The molecule has 1 rings (SSSR count). The Labute approximate surface area is 105 Å². The van der Waals surface area contributed by atoms with Gasteiger partial charge in [0.25, 0.3) is 0 Å². The summed E-state index contributed by atoms with van der Waals surface area (Å²) in [5, 5.41) is 2.95. The van der Waals surface area contributed by atoms with Gasteiger partial charge in [0.1, 0.15) is 5.82 Å². The Morgan fingerprint density at radius 3 is 2.50 bits per heavy atom. The van der Waals surface area contributed by atoms with E-state index in [1.54, 1.807) is 0 Å². The summed E-state index contributed by atoms with van der Waals surface area (Å²) in [4.78, 5) is 7.60. The second kappa shape index (κ2) is 6.13. The number of alkyl halides is 3. The maximum atomic E-state index is 12.9. The molecule has 0 saturated carbocycles. The van der Waals surface area contributed by atoms with Gasteiger partial charge in [-0.15, -0.1) is 0 Å². The Kier molecular flexibility index (Phi) is 5.07. The minimum Gasteiger partial charge on any atom is -0.310 e. The molecule has 0 unspecified atom stereocenters. The van der Waals surface area contributed by atoms with Crippen molar-refractivity contribution in [2.24, 2.45) is 0 Å². The number of aromatic nitrogens is 2. The highest BCUT2D eigenvalue weighted by molar-refractivity contribution is 5.20. The molecule has 0 aromatic carbocycles. The van der Waals surface area contributed by atoms with E-state index < -0.39 is 11.9 Å². The van der Waals surface area contributed by atoms with E-state index in [0.717, 1.165) is 6.42 Å². The van der Waals surface area contributed by atoms with Gasteiger partial charge in [-0.1, -0.05) is 20.8 Å². The molecule has 0 fully saturated rings. The van der Waals surface area contributed by atoms with E-state index in [9.17, 15) is 13.2 Å². The number of nitrogens with zero attached hydrogens (tertiary/aromatic N) is 2. The lowest BCUT2D eigenvalue weighted by Gasteiger charge is -2.14. The van der Waals surface area contributed by atoms with E-state index in [1.165, 1.54) is 6.20 Å². The summed E-state index contributed by atoms with van der Waals surface area (Å²) < 4.78 is 38.6. The Morgan fingerprint density at radius 1 is 1.33 bits per heavy atom. The van der Waals surface area contributed by atoms with Crippen molar-refractivity contribution < 1.29 is 13.2 Å². The maximum absolute atomic E-state index is 12.9. The van der Waals surface area contributed by atoms with E-state index >= 15 is 0 Å². The zero-order chi connectivity index (χ0) is 13.8.